The third-order valence-corrected chi connectivity index (χ3v) is 2.53. The lowest BCUT2D eigenvalue weighted by Crippen LogP contribution is -2.40. The van der Waals surface area contributed by atoms with Crippen molar-refractivity contribution in [2.45, 2.75) is 13.3 Å². The predicted octanol–water partition coefficient (Wildman–Crippen LogP) is 0.444. The molecule has 1 amide bonds. The predicted molar refractivity (Wildman–Crippen MR) is 54.7 cm³/mol. The highest BCUT2D eigenvalue weighted by Gasteiger charge is 2.20. The summed E-state index contributed by atoms with van der Waals surface area (Å²) in [5, 5.41) is 6.85. The van der Waals surface area contributed by atoms with E-state index in [4.69, 9.17) is 4.74 Å². The van der Waals surface area contributed by atoms with E-state index in [1.807, 2.05) is 13.0 Å². The van der Waals surface area contributed by atoms with Gasteiger partial charge >= 0.3 is 0 Å². The average molecular weight is 209 g/mol. The maximum atomic E-state index is 11.9. The summed E-state index contributed by atoms with van der Waals surface area (Å²) in [4.78, 5) is 13.7. The van der Waals surface area contributed by atoms with Crippen molar-refractivity contribution >= 4 is 5.91 Å². The van der Waals surface area contributed by atoms with Crippen molar-refractivity contribution in [3.8, 4) is 0 Å². The molecule has 0 aromatic carbocycles. The lowest BCUT2D eigenvalue weighted by Gasteiger charge is -2.25. The molecule has 5 heteroatoms. The van der Waals surface area contributed by atoms with E-state index in [9.17, 15) is 4.79 Å². The van der Waals surface area contributed by atoms with Crippen LogP contribution in [0.15, 0.2) is 6.07 Å². The van der Waals surface area contributed by atoms with Crippen molar-refractivity contribution in [3.05, 3.63) is 17.5 Å². The van der Waals surface area contributed by atoms with E-state index in [0.29, 0.717) is 32.0 Å². The fourth-order valence-corrected chi connectivity index (χ4v) is 1.58. The quantitative estimate of drug-likeness (QED) is 0.769. The molecule has 2 rings (SSSR count). The molecule has 1 aromatic rings. The first-order valence-corrected chi connectivity index (χ1v) is 5.22. The number of hydrogen-bond donors (Lipinski definition) is 1. The van der Waals surface area contributed by atoms with Crippen molar-refractivity contribution in [3.63, 3.8) is 0 Å². The van der Waals surface area contributed by atoms with Crippen LogP contribution in [-0.4, -0.2) is 47.3 Å². The maximum Gasteiger partial charge on any atom is 0.274 e. The van der Waals surface area contributed by atoms with Gasteiger partial charge in [0.15, 0.2) is 0 Å². The first-order chi connectivity index (χ1) is 7.31. The molecule has 1 aliphatic rings. The fraction of sp³-hybridized carbons (Fsp3) is 0.600. The normalized spacial score (nSPS) is 16.7. The number of aromatic nitrogens is 2. The van der Waals surface area contributed by atoms with Crippen LogP contribution in [0.3, 0.4) is 0 Å². The van der Waals surface area contributed by atoms with Gasteiger partial charge in [-0.15, -0.1) is 0 Å². The molecule has 0 bridgehead atoms. The Labute approximate surface area is 88.4 Å². The summed E-state index contributed by atoms with van der Waals surface area (Å²) >= 11 is 0. The summed E-state index contributed by atoms with van der Waals surface area (Å²) in [6.45, 7) is 4.59. The molecule has 1 aromatic heterocycles. The number of hydrogen-bond acceptors (Lipinski definition) is 3. The zero-order valence-corrected chi connectivity index (χ0v) is 8.82. The Morgan fingerprint density at radius 3 is 2.93 bits per heavy atom. The lowest BCUT2D eigenvalue weighted by molar-refractivity contribution is 0.0299. The van der Waals surface area contributed by atoms with Gasteiger partial charge in [0.1, 0.15) is 5.69 Å². The van der Waals surface area contributed by atoms with Crippen LogP contribution in [0.2, 0.25) is 0 Å². The van der Waals surface area contributed by atoms with E-state index in [-0.39, 0.29) is 5.91 Å². The molecule has 0 radical (unpaired) electrons. The van der Waals surface area contributed by atoms with Crippen LogP contribution in [0, 0.1) is 0 Å². The Hall–Kier alpha value is -1.36. The highest BCUT2D eigenvalue weighted by Crippen LogP contribution is 2.06. The van der Waals surface area contributed by atoms with Gasteiger partial charge in [-0.05, 0) is 12.5 Å². The number of nitrogens with zero attached hydrogens (tertiary/aromatic N) is 2. The molecular formula is C10H15N3O2. The molecule has 2 heterocycles. The van der Waals surface area contributed by atoms with Crippen LogP contribution < -0.4 is 0 Å². The van der Waals surface area contributed by atoms with Gasteiger partial charge < -0.3 is 9.64 Å². The summed E-state index contributed by atoms with van der Waals surface area (Å²) in [7, 11) is 0. The van der Waals surface area contributed by atoms with Gasteiger partial charge in [0.05, 0.1) is 13.2 Å². The zero-order valence-electron chi connectivity index (χ0n) is 8.82. The zero-order chi connectivity index (χ0) is 10.7. The number of carbonyl (C=O) groups excluding carboxylic acids is 1. The molecule has 82 valence electrons. The Balaban J connectivity index is 2.05. The smallest absolute Gasteiger partial charge is 0.274 e. The van der Waals surface area contributed by atoms with Crippen LogP contribution in [0.5, 0.6) is 0 Å². The van der Waals surface area contributed by atoms with Crippen molar-refractivity contribution < 1.29 is 9.53 Å². The second kappa shape index (κ2) is 4.44. The van der Waals surface area contributed by atoms with Gasteiger partial charge in [-0.2, -0.15) is 5.10 Å². The van der Waals surface area contributed by atoms with E-state index in [2.05, 4.69) is 10.2 Å². The number of nitrogens with one attached hydrogen (secondary N) is 1. The van der Waals surface area contributed by atoms with Crippen LogP contribution in [0.1, 0.15) is 23.1 Å². The largest absolute Gasteiger partial charge is 0.378 e. The number of morpholine rings is 1. The van der Waals surface area contributed by atoms with Crippen LogP contribution in [0.25, 0.3) is 0 Å². The molecule has 5 nitrogen and oxygen atoms in total. The number of carbonyl (C=O) groups is 1. The van der Waals surface area contributed by atoms with Gasteiger partial charge in [-0.3, -0.25) is 9.89 Å². The number of aromatic amines is 1. The second-order valence-corrected chi connectivity index (χ2v) is 3.54. The van der Waals surface area contributed by atoms with Gasteiger partial charge in [0, 0.05) is 18.8 Å². The first-order valence-electron chi connectivity index (χ1n) is 5.22. The van der Waals surface area contributed by atoms with Crippen molar-refractivity contribution in [2.75, 3.05) is 26.3 Å². The van der Waals surface area contributed by atoms with Crippen molar-refractivity contribution in [1.82, 2.24) is 15.1 Å². The highest BCUT2D eigenvalue weighted by molar-refractivity contribution is 5.92. The molecular weight excluding hydrogens is 194 g/mol. The molecule has 0 spiro atoms. The summed E-state index contributed by atoms with van der Waals surface area (Å²) in [6.07, 6.45) is 0.864. The third-order valence-electron chi connectivity index (χ3n) is 2.53. The summed E-state index contributed by atoms with van der Waals surface area (Å²) < 4.78 is 5.19. The first kappa shape index (κ1) is 10.2. The standard InChI is InChI=1S/C10H15N3O2/c1-2-8-7-9(12-11-8)10(14)13-3-5-15-6-4-13/h7H,2-6H2,1H3,(H,11,12). The minimum atomic E-state index is -0.00532. The Kier molecular flexibility index (Phi) is 3.01. The van der Waals surface area contributed by atoms with Gasteiger partial charge in [0.25, 0.3) is 5.91 Å². The molecule has 0 atom stereocenters. The monoisotopic (exact) mass is 209 g/mol. The topological polar surface area (TPSA) is 58.2 Å². The SMILES string of the molecule is CCc1cc(C(=O)N2CCOCC2)n[nH]1. The molecule has 0 saturated carbocycles. The Morgan fingerprint density at radius 2 is 2.33 bits per heavy atom. The van der Waals surface area contributed by atoms with Crippen molar-refractivity contribution in [1.29, 1.82) is 0 Å². The third kappa shape index (κ3) is 2.18. The van der Waals surface area contributed by atoms with Gasteiger partial charge in [-0.25, -0.2) is 0 Å². The van der Waals surface area contributed by atoms with E-state index in [1.54, 1.807) is 4.90 Å². The van der Waals surface area contributed by atoms with Gasteiger partial charge in [-0.1, -0.05) is 6.92 Å². The van der Waals surface area contributed by atoms with Crippen LogP contribution in [-0.2, 0) is 11.2 Å². The second-order valence-electron chi connectivity index (χ2n) is 3.54. The van der Waals surface area contributed by atoms with Gasteiger partial charge in [0.2, 0.25) is 0 Å². The number of aryl methyl sites for hydroxylation is 1. The highest BCUT2D eigenvalue weighted by atomic mass is 16.5. The Bertz CT molecular complexity index is 342. The maximum absolute atomic E-state index is 11.9. The number of amides is 1. The molecule has 0 aliphatic carbocycles. The Morgan fingerprint density at radius 1 is 1.60 bits per heavy atom. The molecule has 15 heavy (non-hydrogen) atoms. The molecule has 1 saturated heterocycles. The molecule has 0 unspecified atom stereocenters. The average Bonchev–Trinajstić information content (AvgIpc) is 2.78. The number of H-pyrrole nitrogens is 1. The van der Waals surface area contributed by atoms with E-state index in [1.165, 1.54) is 0 Å². The minimum Gasteiger partial charge on any atom is -0.378 e. The van der Waals surface area contributed by atoms with Crippen molar-refractivity contribution in [2.24, 2.45) is 0 Å². The van der Waals surface area contributed by atoms with E-state index < -0.39 is 0 Å². The van der Waals surface area contributed by atoms with Crippen LogP contribution in [0.4, 0.5) is 0 Å². The summed E-state index contributed by atoms with van der Waals surface area (Å²) in [5.41, 5.74) is 1.50. The molecule has 1 fully saturated rings. The molecule has 1 N–H and O–H groups in total. The summed E-state index contributed by atoms with van der Waals surface area (Å²) in [6, 6.07) is 1.82. The number of ether oxygens (including phenoxy) is 1. The fourth-order valence-electron chi connectivity index (χ4n) is 1.58. The van der Waals surface area contributed by atoms with E-state index in [0.717, 1.165) is 12.1 Å². The minimum absolute atomic E-state index is 0.00532. The molecule has 1 aliphatic heterocycles. The number of rotatable bonds is 2. The summed E-state index contributed by atoms with van der Waals surface area (Å²) in [5.74, 6) is -0.00532. The lowest BCUT2D eigenvalue weighted by atomic mass is 10.3. The van der Waals surface area contributed by atoms with E-state index >= 15 is 0 Å². The van der Waals surface area contributed by atoms with Crippen LogP contribution >= 0.6 is 0 Å².